The third-order valence-corrected chi connectivity index (χ3v) is 28.7. The van der Waals surface area contributed by atoms with Gasteiger partial charge in [-0.05, 0) is 330 Å². The summed E-state index contributed by atoms with van der Waals surface area (Å²) in [6, 6.07) is 41.8. The summed E-state index contributed by atoms with van der Waals surface area (Å²) in [6.07, 6.45) is 10.8. The van der Waals surface area contributed by atoms with Gasteiger partial charge >= 0.3 is 5.97 Å². The maximum atomic E-state index is 13.7. The molecule has 24 nitrogen and oxygen atoms in total. The van der Waals surface area contributed by atoms with Gasteiger partial charge in [0.2, 0.25) is 0 Å². The molecule has 814 valence electrons. The van der Waals surface area contributed by atoms with Crippen molar-refractivity contribution in [1.29, 1.82) is 0 Å². The number of rotatable bonds is 20. The zero-order valence-electron chi connectivity index (χ0n) is 92.9. The monoisotopic (exact) mass is 2070 g/mol. The molecule has 8 amide bonds. The molecule has 16 rings (SSSR count). The largest absolute Gasteiger partial charge is 0.480 e. The number of aliphatic hydroxyl groups is 1. The molecule has 0 spiro atoms. The van der Waals surface area contributed by atoms with E-state index < -0.39 is 48.0 Å². The second-order valence-corrected chi connectivity index (χ2v) is 42.8. The Labute approximate surface area is 889 Å². The average Bonchev–Trinajstić information content (AvgIpc) is 1.45. The number of benzene rings is 8. The summed E-state index contributed by atoms with van der Waals surface area (Å²) in [5.41, 5.74) is 19.5. The van der Waals surface area contributed by atoms with E-state index in [-0.39, 0.29) is 87.8 Å². The third-order valence-electron chi connectivity index (χ3n) is 28.7. The predicted molar refractivity (Wildman–Crippen MR) is 586 cm³/mol. The highest BCUT2D eigenvalue weighted by Crippen LogP contribution is 2.33. The van der Waals surface area contributed by atoms with Crippen LogP contribution in [0.4, 0.5) is 13.2 Å². The van der Waals surface area contributed by atoms with E-state index >= 15 is 0 Å². The molecule has 8 aliphatic rings. The van der Waals surface area contributed by atoms with E-state index in [9.17, 15) is 65.9 Å². The van der Waals surface area contributed by atoms with Crippen LogP contribution < -0.4 is 0 Å². The third kappa shape index (κ3) is 34.9. The van der Waals surface area contributed by atoms with Gasteiger partial charge in [-0.15, -0.1) is 0 Å². The highest BCUT2D eigenvalue weighted by molar-refractivity contribution is 6.02. The first-order valence-corrected chi connectivity index (χ1v) is 53.8. The van der Waals surface area contributed by atoms with E-state index in [1.165, 1.54) is 92.1 Å². The van der Waals surface area contributed by atoms with Crippen molar-refractivity contribution in [3.63, 3.8) is 0 Å². The zero-order valence-corrected chi connectivity index (χ0v) is 92.9. The molecule has 3 unspecified atom stereocenters. The van der Waals surface area contributed by atoms with Crippen LogP contribution in [-0.2, 0) is 28.7 Å². The van der Waals surface area contributed by atoms with E-state index in [4.69, 9.17) is 24.5 Å². The van der Waals surface area contributed by atoms with Crippen LogP contribution in [0.5, 0.6) is 0 Å². The van der Waals surface area contributed by atoms with Crippen molar-refractivity contribution in [2.75, 3.05) is 118 Å². The molecular formula is C123H165F3N8O16. The number of nitrogens with zero attached hydrogens (tertiary/aromatic N) is 8. The van der Waals surface area contributed by atoms with Crippen molar-refractivity contribution in [2.24, 2.45) is 0 Å². The van der Waals surface area contributed by atoms with Gasteiger partial charge in [-0.2, -0.15) is 0 Å². The van der Waals surface area contributed by atoms with E-state index in [0.717, 1.165) is 145 Å². The second kappa shape index (κ2) is 59.5. The molecule has 2 N–H and O–H groups in total. The summed E-state index contributed by atoms with van der Waals surface area (Å²) in [6.45, 7) is 58.8. The Bertz CT molecular complexity index is 5800. The number of ketones is 2. The second-order valence-electron chi connectivity index (χ2n) is 42.8. The Morgan fingerprint density at radius 2 is 0.600 bits per heavy atom. The van der Waals surface area contributed by atoms with Crippen LogP contribution in [0.1, 0.15) is 397 Å². The van der Waals surface area contributed by atoms with Crippen LogP contribution >= 0.6 is 0 Å². The molecule has 8 saturated heterocycles. The Morgan fingerprint density at radius 3 is 0.920 bits per heavy atom. The van der Waals surface area contributed by atoms with Crippen LogP contribution in [0.2, 0.25) is 0 Å². The van der Waals surface area contributed by atoms with Gasteiger partial charge in [-0.25, -0.2) is 18.0 Å². The number of Topliss-reactive ketones (excluding diaryl/α,β-unsaturated/α-hetero) is 2. The van der Waals surface area contributed by atoms with Crippen LogP contribution in [0.25, 0.3) is 0 Å². The zero-order chi connectivity index (χ0) is 111. The number of amides is 8. The van der Waals surface area contributed by atoms with Crippen molar-refractivity contribution >= 4 is 71.6 Å². The first-order valence-electron chi connectivity index (χ1n) is 53.8. The molecule has 8 fully saturated rings. The molecule has 0 aliphatic carbocycles. The summed E-state index contributed by atoms with van der Waals surface area (Å²) in [4.78, 5) is 156. The van der Waals surface area contributed by atoms with Crippen LogP contribution in [0.15, 0.2) is 146 Å². The first kappa shape index (κ1) is 123. The molecule has 0 radical (unpaired) electrons. The van der Waals surface area contributed by atoms with Crippen molar-refractivity contribution in [2.45, 2.75) is 295 Å². The number of carboxylic acid groups (broad SMARTS) is 1. The number of hydrogen-bond donors (Lipinski definition) is 2. The van der Waals surface area contributed by atoms with Gasteiger partial charge in [0.1, 0.15) is 36.9 Å². The van der Waals surface area contributed by atoms with Crippen LogP contribution in [0.3, 0.4) is 0 Å². The number of ether oxygens (including phenoxy) is 2. The fraction of sp³-hybridized carbons (Fsp3) is 0.512. The highest BCUT2D eigenvalue weighted by atomic mass is 19.1. The number of aliphatic hydroxyl groups excluding tert-OH is 1. The molecule has 27 heteroatoms. The molecule has 0 aromatic heterocycles. The SMILES string of the molecule is C=O.CC(=O)C1CCCN1C(=O)c1cc(F)cc(C(C)C)c1.CC(C)c1cc(F)cc(C(=O)N2CCCC2C(=O)CO)c1.CC(C)c1cc(F)cc(C(=O)N2CCCC2C(=O)O)c1.Cc1c(C(=O)N2CCCC2)cccc1C(C)C.Cc1c(C(=O)N2CCOCC2)cccc1C(C)C.Cc1cc(C(=O)N2CCCC2)cc(C(C)C)c1.Cc1cc(C(=O)N2CCOCC2)cc(C(C)C)c1.Cc1ccc(C(=O)N2CCCC2)cc1C(C)C. The Morgan fingerprint density at radius 1 is 0.313 bits per heavy atom. The first-order chi connectivity index (χ1) is 71.2. The van der Waals surface area contributed by atoms with Gasteiger partial charge in [0.25, 0.3) is 47.3 Å². The van der Waals surface area contributed by atoms with Crippen molar-refractivity contribution < 1.29 is 90.4 Å². The van der Waals surface area contributed by atoms with Crippen LogP contribution in [0, 0.1) is 52.1 Å². The Balaban J connectivity index is 0.000000208. The molecule has 8 aromatic carbocycles. The number of aliphatic carboxylic acids is 1. The van der Waals surface area contributed by atoms with Crippen molar-refractivity contribution in [3.8, 4) is 0 Å². The van der Waals surface area contributed by atoms with Gasteiger partial charge in [0.15, 0.2) is 11.6 Å². The molecular weight excluding hydrogens is 1900 g/mol. The molecule has 0 saturated carbocycles. The lowest BCUT2D eigenvalue weighted by molar-refractivity contribution is -0.141. The van der Waals surface area contributed by atoms with Gasteiger partial charge in [0.05, 0.1) is 38.5 Å². The lowest BCUT2D eigenvalue weighted by Gasteiger charge is -2.28. The number of likely N-dealkylation sites (tertiary alicyclic amines) is 6. The highest BCUT2D eigenvalue weighted by Gasteiger charge is 2.38. The molecule has 8 aromatic rings. The molecule has 8 aliphatic heterocycles. The van der Waals surface area contributed by atoms with Gasteiger partial charge in [-0.1, -0.05) is 164 Å². The minimum atomic E-state index is -1.00. The van der Waals surface area contributed by atoms with Crippen molar-refractivity contribution in [3.05, 3.63) is 280 Å². The number of hydrogen-bond acceptors (Lipinski definition) is 15. The summed E-state index contributed by atoms with van der Waals surface area (Å²) < 4.78 is 51.5. The number of carbonyl (C=O) groups is 12. The molecule has 0 bridgehead atoms. The minimum Gasteiger partial charge on any atom is -0.480 e. The number of carbonyl (C=O) groups excluding carboxylic acids is 11. The smallest absolute Gasteiger partial charge is 0.326 e. The number of aryl methyl sites for hydroxylation is 3. The van der Waals surface area contributed by atoms with Gasteiger partial charge in [0, 0.05) is 130 Å². The lowest BCUT2D eigenvalue weighted by atomic mass is 9.94. The van der Waals surface area contributed by atoms with Crippen molar-refractivity contribution in [1.82, 2.24) is 39.2 Å². The number of morpholine rings is 2. The summed E-state index contributed by atoms with van der Waals surface area (Å²) in [7, 11) is 0. The van der Waals surface area contributed by atoms with Crippen LogP contribution in [-0.4, -0.2) is 257 Å². The fourth-order valence-corrected chi connectivity index (χ4v) is 20.0. The molecule has 3 atom stereocenters. The number of carboxylic acids is 1. The lowest BCUT2D eigenvalue weighted by Crippen LogP contribution is -2.41. The minimum absolute atomic E-state index is 0.00339. The van der Waals surface area contributed by atoms with E-state index in [2.05, 4.69) is 132 Å². The summed E-state index contributed by atoms with van der Waals surface area (Å²) in [5.74, 6) is -0.132. The predicted octanol–water partition coefficient (Wildman–Crippen LogP) is 23.0. The quantitative estimate of drug-likeness (QED) is 0.0717. The van der Waals surface area contributed by atoms with Gasteiger partial charge in [-0.3, -0.25) is 47.9 Å². The Hall–Kier alpha value is -12.3. The number of halogens is 3. The topological polar surface area (TPSA) is 290 Å². The normalized spacial score (nSPS) is 16.7. The summed E-state index contributed by atoms with van der Waals surface area (Å²) in [5, 5.41) is 18.1. The standard InChI is InChI=1S/C16H20FNO3.C16H20FNO2.C15H18FNO3.2C15H21NO2.3C15H21NO.CH2O/c1-10(2)11-6-12(8-13(17)7-11)16(21)18-5-3-4-14(18)15(20)9-19;1-10(2)12-7-13(9-14(17)8-12)16(20)18-6-4-5-15(18)11(3)19;1-9(2)10-6-11(8-12(16)7-10)14(18)17-5-3-4-13(17)15(19)20;1-11(2)13-8-12(3)9-14(10-13)15(17)16-4-6-18-7-5-16;1-11(2)13-5-4-6-14(12(13)3)15(17)16-7-9-18-10-8-16;1-11(2)13-7-6-8-14(12(13)3)15(17)16-9-4-5-10-16;1-11(2)14-10-13(7-6-12(14)3)15(17)16-8-4-5-9-16;1-11(2)13-8-12(3)9-14(10-13)15(17)16-6-4-5-7-16;1-2/h6-8,10,14,19H,3-5,9H2,1-2H3;7-10,15H,4-6H2,1-3H3;6-9,13H,3-5H2,1-2H3,(H,19,20);8-11H,4-7H2,1-3H3;4-6,11H,7-10H2,1-3H3;6-8,11H,4-5,9-10H2,1-3H3;6-7,10-11H,4-5,8-9H2,1-3H3;8-11H,4-7H2,1-3H3;1H2. The maximum absolute atomic E-state index is 13.7. The average molecular weight is 2070 g/mol. The van der Waals surface area contributed by atoms with E-state index in [1.807, 2.05) is 135 Å². The summed E-state index contributed by atoms with van der Waals surface area (Å²) >= 11 is 0. The van der Waals surface area contributed by atoms with E-state index in [1.54, 1.807) is 23.1 Å². The molecule has 8 heterocycles. The fourth-order valence-electron chi connectivity index (χ4n) is 20.0. The van der Waals surface area contributed by atoms with E-state index in [0.29, 0.717) is 139 Å². The van der Waals surface area contributed by atoms with Gasteiger partial charge < -0.3 is 63.7 Å². The maximum Gasteiger partial charge on any atom is 0.326 e. The Kier molecular flexibility index (Phi) is 48.7. The molecule has 150 heavy (non-hydrogen) atoms.